The molecule has 0 aromatic rings. The highest BCUT2D eigenvalue weighted by Gasteiger charge is 2.30. The van der Waals surface area contributed by atoms with Crippen molar-refractivity contribution in [1.29, 1.82) is 0 Å². The highest BCUT2D eigenvalue weighted by Crippen LogP contribution is 2.23. The van der Waals surface area contributed by atoms with E-state index in [1.807, 2.05) is 0 Å². The lowest BCUT2D eigenvalue weighted by atomic mass is 9.96. The third kappa shape index (κ3) is 4.40. The molecule has 1 saturated heterocycles. The molecule has 1 unspecified atom stereocenters. The lowest BCUT2D eigenvalue weighted by molar-refractivity contribution is -0.0551. The normalized spacial score (nSPS) is 28.3. The maximum atomic E-state index is 10.4. The van der Waals surface area contributed by atoms with E-state index >= 15 is 0 Å². The first-order chi connectivity index (χ1) is 7.57. The molecule has 1 rings (SSSR count). The highest BCUT2D eigenvalue weighted by molar-refractivity contribution is 4.84. The summed E-state index contributed by atoms with van der Waals surface area (Å²) >= 11 is 0. The van der Waals surface area contributed by atoms with E-state index in [0.717, 1.165) is 45.4 Å². The van der Waals surface area contributed by atoms with Gasteiger partial charge in [-0.3, -0.25) is 0 Å². The van der Waals surface area contributed by atoms with Crippen molar-refractivity contribution in [2.75, 3.05) is 26.3 Å². The van der Waals surface area contributed by atoms with Crippen molar-refractivity contribution in [3.05, 3.63) is 0 Å². The fourth-order valence-electron chi connectivity index (χ4n) is 2.27. The molecule has 0 aliphatic carbocycles. The molecule has 0 spiro atoms. The Balaban J connectivity index is 2.38. The lowest BCUT2D eigenvalue weighted by Crippen LogP contribution is -2.37. The van der Waals surface area contributed by atoms with Crippen molar-refractivity contribution in [3.8, 4) is 0 Å². The Hall–Kier alpha value is -0.120. The van der Waals surface area contributed by atoms with Gasteiger partial charge in [0.05, 0.1) is 12.2 Å². The Kier molecular flexibility index (Phi) is 5.73. The minimum absolute atomic E-state index is 0.507. The summed E-state index contributed by atoms with van der Waals surface area (Å²) in [7, 11) is 0. The Morgan fingerprint density at radius 1 is 1.31 bits per heavy atom. The van der Waals surface area contributed by atoms with Gasteiger partial charge in [0.1, 0.15) is 0 Å². The van der Waals surface area contributed by atoms with Gasteiger partial charge in [-0.1, -0.05) is 6.92 Å². The van der Waals surface area contributed by atoms with Gasteiger partial charge >= 0.3 is 0 Å². The van der Waals surface area contributed by atoms with Crippen molar-refractivity contribution >= 4 is 0 Å². The quantitative estimate of drug-likeness (QED) is 0.732. The molecule has 1 aliphatic heterocycles. The predicted molar refractivity (Wildman–Crippen MR) is 66.6 cm³/mol. The number of rotatable bonds is 5. The first-order valence-corrected chi connectivity index (χ1v) is 6.61. The first-order valence-electron chi connectivity index (χ1n) is 6.61. The van der Waals surface area contributed by atoms with Crippen LogP contribution in [0.4, 0.5) is 0 Å². The van der Waals surface area contributed by atoms with Crippen molar-refractivity contribution in [2.24, 2.45) is 0 Å². The van der Waals surface area contributed by atoms with Crippen LogP contribution in [0.3, 0.4) is 0 Å². The molecule has 1 atom stereocenters. The summed E-state index contributed by atoms with van der Waals surface area (Å²) in [5, 5.41) is 10.4. The van der Waals surface area contributed by atoms with Gasteiger partial charge in [-0.25, -0.2) is 0 Å². The summed E-state index contributed by atoms with van der Waals surface area (Å²) in [5.74, 6) is 0. The molecule has 0 amide bonds. The molecule has 3 nitrogen and oxygen atoms in total. The molecule has 0 aromatic carbocycles. The summed E-state index contributed by atoms with van der Waals surface area (Å²) in [6, 6.07) is 0.582. The molecule has 0 saturated carbocycles. The first kappa shape index (κ1) is 13.9. The van der Waals surface area contributed by atoms with Crippen molar-refractivity contribution in [1.82, 2.24) is 4.90 Å². The smallest absolute Gasteiger partial charge is 0.0892 e. The van der Waals surface area contributed by atoms with E-state index < -0.39 is 5.60 Å². The summed E-state index contributed by atoms with van der Waals surface area (Å²) in [6.07, 6.45) is 3.81. The van der Waals surface area contributed by atoms with Gasteiger partial charge < -0.3 is 14.7 Å². The van der Waals surface area contributed by atoms with E-state index in [1.165, 1.54) is 0 Å². The van der Waals surface area contributed by atoms with E-state index in [9.17, 15) is 5.11 Å². The molecular formula is C13H27NO2. The zero-order valence-electron chi connectivity index (χ0n) is 11.0. The monoisotopic (exact) mass is 229 g/mol. The second-order valence-corrected chi connectivity index (χ2v) is 5.26. The van der Waals surface area contributed by atoms with Crippen molar-refractivity contribution < 1.29 is 9.84 Å². The van der Waals surface area contributed by atoms with Crippen LogP contribution in [0.5, 0.6) is 0 Å². The van der Waals surface area contributed by atoms with E-state index in [-0.39, 0.29) is 0 Å². The van der Waals surface area contributed by atoms with Crippen LogP contribution in [0.15, 0.2) is 0 Å². The standard InChI is InChI=1S/C13H27NO2/c1-4-10-16-11-13(15)6-5-8-14(9-7-13)12(2)3/h12,15H,4-11H2,1-3H3. The molecule has 0 aromatic heterocycles. The zero-order chi connectivity index (χ0) is 12.0. The van der Waals surface area contributed by atoms with Gasteiger partial charge in [0.15, 0.2) is 0 Å². The molecule has 16 heavy (non-hydrogen) atoms. The van der Waals surface area contributed by atoms with Crippen LogP contribution in [-0.2, 0) is 4.74 Å². The fourth-order valence-corrected chi connectivity index (χ4v) is 2.27. The van der Waals surface area contributed by atoms with E-state index in [0.29, 0.717) is 12.6 Å². The Labute approximate surface area is 99.8 Å². The van der Waals surface area contributed by atoms with Gasteiger partial charge in [-0.05, 0) is 46.1 Å². The number of aliphatic hydroxyl groups is 1. The Morgan fingerprint density at radius 3 is 2.69 bits per heavy atom. The number of likely N-dealkylation sites (tertiary alicyclic amines) is 1. The predicted octanol–water partition coefficient (Wildman–Crippen LogP) is 2.04. The zero-order valence-corrected chi connectivity index (χ0v) is 11.0. The van der Waals surface area contributed by atoms with Gasteiger partial charge in [0.2, 0.25) is 0 Å². The highest BCUT2D eigenvalue weighted by atomic mass is 16.5. The van der Waals surface area contributed by atoms with Crippen LogP contribution in [0, 0.1) is 0 Å². The molecule has 0 bridgehead atoms. The second-order valence-electron chi connectivity index (χ2n) is 5.26. The maximum Gasteiger partial charge on any atom is 0.0892 e. The average Bonchev–Trinajstić information content (AvgIpc) is 2.41. The minimum atomic E-state index is -0.585. The minimum Gasteiger partial charge on any atom is -0.387 e. The van der Waals surface area contributed by atoms with Crippen LogP contribution in [0.2, 0.25) is 0 Å². The molecule has 3 heteroatoms. The largest absolute Gasteiger partial charge is 0.387 e. The SMILES string of the molecule is CCCOCC1(O)CCCN(C(C)C)CC1. The van der Waals surface area contributed by atoms with Crippen LogP contribution in [0.25, 0.3) is 0 Å². The second kappa shape index (κ2) is 6.58. The summed E-state index contributed by atoms with van der Waals surface area (Å²) < 4.78 is 5.51. The van der Waals surface area contributed by atoms with Crippen LogP contribution < -0.4 is 0 Å². The van der Waals surface area contributed by atoms with Gasteiger partial charge in [0.25, 0.3) is 0 Å². The van der Waals surface area contributed by atoms with Crippen LogP contribution in [0.1, 0.15) is 46.5 Å². The number of hydrogen-bond donors (Lipinski definition) is 1. The molecule has 1 aliphatic rings. The number of nitrogens with zero attached hydrogens (tertiary/aromatic N) is 1. The molecule has 96 valence electrons. The van der Waals surface area contributed by atoms with E-state index in [2.05, 4.69) is 25.7 Å². The number of ether oxygens (including phenoxy) is 1. The van der Waals surface area contributed by atoms with Crippen LogP contribution >= 0.6 is 0 Å². The molecule has 1 heterocycles. The van der Waals surface area contributed by atoms with Crippen molar-refractivity contribution in [2.45, 2.75) is 58.1 Å². The molecular weight excluding hydrogens is 202 g/mol. The topological polar surface area (TPSA) is 32.7 Å². The third-order valence-electron chi connectivity index (χ3n) is 3.40. The van der Waals surface area contributed by atoms with E-state index in [1.54, 1.807) is 0 Å². The lowest BCUT2D eigenvalue weighted by Gasteiger charge is -2.27. The molecule has 1 N–H and O–H groups in total. The summed E-state index contributed by atoms with van der Waals surface area (Å²) in [5.41, 5.74) is -0.585. The summed E-state index contributed by atoms with van der Waals surface area (Å²) in [6.45, 7) is 9.90. The summed E-state index contributed by atoms with van der Waals surface area (Å²) in [4.78, 5) is 2.44. The van der Waals surface area contributed by atoms with Gasteiger partial charge in [-0.2, -0.15) is 0 Å². The van der Waals surface area contributed by atoms with E-state index in [4.69, 9.17) is 4.74 Å². The van der Waals surface area contributed by atoms with Gasteiger partial charge in [-0.15, -0.1) is 0 Å². The molecule has 0 radical (unpaired) electrons. The van der Waals surface area contributed by atoms with Crippen LogP contribution in [-0.4, -0.2) is 48.0 Å². The Bertz CT molecular complexity index is 196. The van der Waals surface area contributed by atoms with Gasteiger partial charge in [0, 0.05) is 19.2 Å². The maximum absolute atomic E-state index is 10.4. The Morgan fingerprint density at radius 2 is 2.06 bits per heavy atom. The number of hydrogen-bond acceptors (Lipinski definition) is 3. The molecule has 1 fully saturated rings. The van der Waals surface area contributed by atoms with Crippen molar-refractivity contribution in [3.63, 3.8) is 0 Å². The fraction of sp³-hybridized carbons (Fsp3) is 1.00. The third-order valence-corrected chi connectivity index (χ3v) is 3.40. The average molecular weight is 229 g/mol.